The molecule has 1 aliphatic heterocycles. The monoisotopic (exact) mass is 806 g/mol. The Hall–Kier alpha value is -7.59. The first kappa shape index (κ1) is 35.2. The Kier molecular flexibility index (Phi) is 7.79. The van der Waals surface area contributed by atoms with Crippen LogP contribution >= 0.6 is 11.8 Å². The first-order valence-electron chi connectivity index (χ1n) is 21.3. The normalized spacial score (nSPS) is 13.2. The van der Waals surface area contributed by atoms with Gasteiger partial charge in [-0.05, 0) is 110 Å². The number of aromatic nitrogens is 1. The van der Waals surface area contributed by atoms with Crippen LogP contribution in [0.15, 0.2) is 240 Å². The molecular formula is C59H38N2S. The van der Waals surface area contributed by atoms with Crippen LogP contribution in [0.1, 0.15) is 22.3 Å². The van der Waals surface area contributed by atoms with Gasteiger partial charge < -0.3 is 9.47 Å². The highest BCUT2D eigenvalue weighted by Gasteiger charge is 2.48. The van der Waals surface area contributed by atoms with E-state index in [1.54, 1.807) is 0 Å². The van der Waals surface area contributed by atoms with E-state index in [0.717, 1.165) is 22.7 Å². The summed E-state index contributed by atoms with van der Waals surface area (Å²) in [6, 6.07) is 85.5. The minimum Gasteiger partial charge on any atom is -0.310 e. The number of para-hydroxylation sites is 3. The van der Waals surface area contributed by atoms with E-state index in [1.807, 2.05) is 11.8 Å². The van der Waals surface area contributed by atoms with Crippen LogP contribution < -0.4 is 4.90 Å². The molecule has 1 aromatic heterocycles. The van der Waals surface area contributed by atoms with Gasteiger partial charge in [0.15, 0.2) is 0 Å². The van der Waals surface area contributed by atoms with Crippen molar-refractivity contribution >= 4 is 61.4 Å². The third kappa shape index (κ3) is 5.00. The Morgan fingerprint density at radius 2 is 0.984 bits per heavy atom. The maximum atomic E-state index is 2.52. The predicted molar refractivity (Wildman–Crippen MR) is 260 cm³/mol. The van der Waals surface area contributed by atoms with E-state index in [2.05, 4.69) is 240 Å². The third-order valence-electron chi connectivity index (χ3n) is 13.2. The zero-order valence-electron chi connectivity index (χ0n) is 33.7. The van der Waals surface area contributed by atoms with E-state index in [1.165, 1.54) is 86.9 Å². The minimum atomic E-state index is -0.564. The molecule has 0 radical (unpaired) electrons. The van der Waals surface area contributed by atoms with Gasteiger partial charge in [0.25, 0.3) is 0 Å². The fourth-order valence-corrected chi connectivity index (χ4v) is 11.9. The van der Waals surface area contributed by atoms with Crippen molar-refractivity contribution in [2.75, 3.05) is 4.90 Å². The molecule has 1 spiro atoms. The van der Waals surface area contributed by atoms with Gasteiger partial charge in [-0.2, -0.15) is 0 Å². The summed E-state index contributed by atoms with van der Waals surface area (Å²) < 4.78 is 2.42. The fraction of sp³-hybridized carbons (Fsp3) is 0.0169. The summed E-state index contributed by atoms with van der Waals surface area (Å²) in [5, 5.41) is 5.07. The summed E-state index contributed by atoms with van der Waals surface area (Å²) >= 11 is 1.89. The smallest absolute Gasteiger partial charge is 0.0736 e. The van der Waals surface area contributed by atoms with Gasteiger partial charge in [-0.1, -0.05) is 182 Å². The molecule has 0 N–H and O–H groups in total. The van der Waals surface area contributed by atoms with Crippen molar-refractivity contribution in [1.29, 1.82) is 0 Å². The van der Waals surface area contributed by atoms with Crippen LogP contribution in [-0.2, 0) is 5.41 Å². The Morgan fingerprint density at radius 3 is 1.79 bits per heavy atom. The summed E-state index contributed by atoms with van der Waals surface area (Å²) in [4.78, 5) is 5.09. The highest BCUT2D eigenvalue weighted by Crippen LogP contribution is 2.62. The SMILES string of the molecule is c1ccc(-c2ccccc2N(c2ccc3c(c2)C2(c4ccccc4Sc4ccccc42)c2cccc4cccc-3c24)c2ccc3c4ccccc4n(-c4ccccc4)c3c2)cc1. The van der Waals surface area contributed by atoms with E-state index in [4.69, 9.17) is 0 Å². The largest absolute Gasteiger partial charge is 0.310 e. The Balaban J connectivity index is 1.15. The van der Waals surface area contributed by atoms with Crippen molar-refractivity contribution in [3.05, 3.63) is 253 Å². The molecule has 1 aliphatic carbocycles. The van der Waals surface area contributed by atoms with E-state index in [0.29, 0.717) is 0 Å². The van der Waals surface area contributed by atoms with Crippen LogP contribution in [0.5, 0.6) is 0 Å². The highest BCUT2D eigenvalue weighted by atomic mass is 32.2. The van der Waals surface area contributed by atoms with Crippen molar-refractivity contribution in [3.8, 4) is 27.9 Å². The molecule has 2 nitrogen and oxygen atoms in total. The van der Waals surface area contributed by atoms with Gasteiger partial charge in [-0.3, -0.25) is 0 Å². The van der Waals surface area contributed by atoms with Gasteiger partial charge >= 0.3 is 0 Å². The van der Waals surface area contributed by atoms with Gasteiger partial charge in [-0.25, -0.2) is 0 Å². The zero-order valence-corrected chi connectivity index (χ0v) is 34.6. The Morgan fingerprint density at radius 1 is 0.387 bits per heavy atom. The van der Waals surface area contributed by atoms with E-state index < -0.39 is 5.41 Å². The molecule has 62 heavy (non-hydrogen) atoms. The quantitative estimate of drug-likeness (QED) is 0.171. The zero-order chi connectivity index (χ0) is 40.8. The van der Waals surface area contributed by atoms with Gasteiger partial charge in [-0.15, -0.1) is 0 Å². The number of fused-ring (bicyclic) bond motifs is 11. The minimum absolute atomic E-state index is 0.564. The first-order valence-corrected chi connectivity index (χ1v) is 22.2. The second-order valence-corrected chi connectivity index (χ2v) is 17.5. The van der Waals surface area contributed by atoms with Crippen LogP contribution in [0.2, 0.25) is 0 Å². The molecule has 0 amide bonds. The van der Waals surface area contributed by atoms with E-state index >= 15 is 0 Å². The van der Waals surface area contributed by atoms with Crippen LogP contribution in [-0.4, -0.2) is 4.57 Å². The van der Waals surface area contributed by atoms with Gasteiger partial charge in [0.1, 0.15) is 0 Å². The standard InChI is InChI=1S/C59H38N2S/c1-3-17-39(18-4-1)44-23-7-11-29-53(44)60(43-34-36-47-46-24-8-12-30-54(46)61(55(47)38-43)41-21-5-2-6-22-41)42-33-35-45-48-25-15-19-40-20-16-28-51(58(40)48)59(52(45)37-42)49-26-9-13-31-56(49)62-57-32-14-10-27-50(57)59/h1-38H. The molecule has 10 aromatic carbocycles. The average Bonchev–Trinajstić information content (AvgIpc) is 3.67. The molecule has 3 heteroatoms. The number of benzene rings is 10. The molecule has 0 unspecified atom stereocenters. The summed E-state index contributed by atoms with van der Waals surface area (Å²) in [7, 11) is 0. The van der Waals surface area contributed by atoms with Gasteiger partial charge in [0.2, 0.25) is 0 Å². The van der Waals surface area contributed by atoms with E-state index in [-0.39, 0.29) is 0 Å². The summed E-state index contributed by atoms with van der Waals surface area (Å²) in [5.41, 5.74) is 16.4. The third-order valence-corrected chi connectivity index (χ3v) is 14.4. The molecule has 2 heterocycles. The molecule has 0 saturated heterocycles. The van der Waals surface area contributed by atoms with Gasteiger partial charge in [0, 0.05) is 43.2 Å². The second kappa shape index (κ2) is 13.7. The van der Waals surface area contributed by atoms with Crippen LogP contribution in [0, 0.1) is 0 Å². The molecule has 13 rings (SSSR count). The van der Waals surface area contributed by atoms with Crippen LogP contribution in [0.25, 0.3) is 60.5 Å². The molecule has 0 atom stereocenters. The Bertz CT molecular complexity index is 3520. The molecule has 290 valence electrons. The van der Waals surface area contributed by atoms with Crippen LogP contribution in [0.3, 0.4) is 0 Å². The van der Waals surface area contributed by atoms with Gasteiger partial charge in [0.05, 0.1) is 22.1 Å². The topological polar surface area (TPSA) is 8.17 Å². The fourth-order valence-electron chi connectivity index (χ4n) is 10.7. The van der Waals surface area contributed by atoms with Crippen molar-refractivity contribution in [3.63, 3.8) is 0 Å². The number of nitrogens with zero attached hydrogens (tertiary/aromatic N) is 2. The summed E-state index contributed by atoms with van der Waals surface area (Å²) in [6.45, 7) is 0. The molecule has 2 aliphatic rings. The maximum absolute atomic E-state index is 2.52. The van der Waals surface area contributed by atoms with Crippen molar-refractivity contribution < 1.29 is 0 Å². The second-order valence-electron chi connectivity index (χ2n) is 16.4. The number of rotatable bonds is 5. The van der Waals surface area contributed by atoms with Crippen molar-refractivity contribution in [2.24, 2.45) is 0 Å². The van der Waals surface area contributed by atoms with Crippen molar-refractivity contribution in [2.45, 2.75) is 15.2 Å². The summed E-state index contributed by atoms with van der Waals surface area (Å²) in [5.74, 6) is 0. The molecular weight excluding hydrogens is 769 g/mol. The van der Waals surface area contributed by atoms with Crippen LogP contribution in [0.4, 0.5) is 17.1 Å². The molecule has 11 aromatic rings. The maximum Gasteiger partial charge on any atom is 0.0736 e. The molecule has 0 bridgehead atoms. The van der Waals surface area contributed by atoms with Crippen molar-refractivity contribution in [1.82, 2.24) is 4.57 Å². The number of hydrogen-bond donors (Lipinski definition) is 0. The molecule has 0 fully saturated rings. The summed E-state index contributed by atoms with van der Waals surface area (Å²) in [6.07, 6.45) is 0. The Labute approximate surface area is 365 Å². The first-order chi connectivity index (χ1) is 30.8. The molecule has 0 saturated carbocycles. The predicted octanol–water partition coefficient (Wildman–Crippen LogP) is 15.9. The number of hydrogen-bond acceptors (Lipinski definition) is 2. The van der Waals surface area contributed by atoms with E-state index in [9.17, 15) is 0 Å². The lowest BCUT2D eigenvalue weighted by atomic mass is 9.59. The average molecular weight is 807 g/mol. The number of anilines is 3. The lowest BCUT2D eigenvalue weighted by Gasteiger charge is -2.46. The lowest BCUT2D eigenvalue weighted by Crippen LogP contribution is -2.36. The highest BCUT2D eigenvalue weighted by molar-refractivity contribution is 7.99. The lowest BCUT2D eigenvalue weighted by molar-refractivity contribution is 0.707.